The number of halogens is 1. The van der Waals surface area contributed by atoms with E-state index in [1.54, 1.807) is 14.0 Å². The molecular weight excluding hydrogens is 300 g/mol. The molecule has 0 aromatic heterocycles. The third-order valence-corrected chi connectivity index (χ3v) is 3.76. The number of carbonyl (C=O) groups is 2. The fraction of sp³-hybridized carbons (Fsp3) is 0.636. The third-order valence-electron chi connectivity index (χ3n) is 3.18. The van der Waals surface area contributed by atoms with Crippen LogP contribution >= 0.6 is 15.9 Å². The summed E-state index contributed by atoms with van der Waals surface area (Å²) >= 11 is 3.36. The van der Waals surface area contributed by atoms with Gasteiger partial charge >= 0.3 is 10.8 Å². The Bertz CT molecular complexity index is 483. The summed E-state index contributed by atoms with van der Waals surface area (Å²) in [7, 11) is 1.65. The average molecular weight is 316 g/mol. The van der Waals surface area contributed by atoms with Crippen LogP contribution in [-0.4, -0.2) is 62.6 Å². The van der Waals surface area contributed by atoms with Crippen LogP contribution in [0.4, 0.5) is 4.79 Å². The molecule has 1 saturated heterocycles. The minimum Gasteiger partial charge on any atom is -0.269 e. The van der Waals surface area contributed by atoms with E-state index in [2.05, 4.69) is 20.9 Å². The molecule has 0 aromatic rings. The maximum Gasteiger partial charge on any atom is 0.365 e. The van der Waals surface area contributed by atoms with Crippen molar-refractivity contribution in [2.24, 2.45) is 4.99 Å². The summed E-state index contributed by atoms with van der Waals surface area (Å²) in [5.41, 5.74) is 0. The highest BCUT2D eigenvalue weighted by Gasteiger charge is 2.53. The minimum atomic E-state index is -0.498. The number of carbonyl (C=O) groups excluding carboxylic acids is 2. The first-order valence-electron chi connectivity index (χ1n) is 5.88. The zero-order valence-electron chi connectivity index (χ0n) is 10.8. The Balaban J connectivity index is 2.48. The van der Waals surface area contributed by atoms with Crippen molar-refractivity contribution in [3.8, 4) is 0 Å². The van der Waals surface area contributed by atoms with Crippen LogP contribution in [0, 0.1) is 0 Å². The molecule has 1 unspecified atom stereocenters. The number of imide groups is 1. The Morgan fingerprint density at radius 2 is 2.06 bits per heavy atom. The van der Waals surface area contributed by atoms with Crippen LogP contribution in [0.2, 0.25) is 0 Å². The average Bonchev–Trinajstić information content (AvgIpc) is 2.65. The molecular formula is C11H16BrN4O2+. The lowest BCUT2D eigenvalue weighted by Crippen LogP contribution is -2.63. The Kier molecular flexibility index (Phi) is 3.27. The topological polar surface area (TPSA) is 56.0 Å². The molecule has 18 heavy (non-hydrogen) atoms. The van der Waals surface area contributed by atoms with Gasteiger partial charge in [0.15, 0.2) is 0 Å². The minimum absolute atomic E-state index is 0.120. The van der Waals surface area contributed by atoms with Crippen molar-refractivity contribution in [1.29, 1.82) is 0 Å². The monoisotopic (exact) mass is 315 g/mol. The zero-order valence-corrected chi connectivity index (χ0v) is 12.4. The van der Waals surface area contributed by atoms with Gasteiger partial charge in [0.25, 0.3) is 17.8 Å². The van der Waals surface area contributed by atoms with Crippen LogP contribution in [0.15, 0.2) is 4.99 Å². The van der Waals surface area contributed by atoms with Crippen molar-refractivity contribution in [2.45, 2.75) is 32.9 Å². The van der Waals surface area contributed by atoms with Gasteiger partial charge in [0, 0.05) is 13.6 Å². The van der Waals surface area contributed by atoms with E-state index in [9.17, 15) is 9.59 Å². The zero-order chi connectivity index (χ0) is 13.6. The summed E-state index contributed by atoms with van der Waals surface area (Å²) in [6.07, 6.45) is 0. The van der Waals surface area contributed by atoms with Gasteiger partial charge in [-0.05, 0) is 25.8 Å². The van der Waals surface area contributed by atoms with Gasteiger partial charge in [0.05, 0.1) is 22.0 Å². The van der Waals surface area contributed by atoms with E-state index < -0.39 is 6.04 Å². The summed E-state index contributed by atoms with van der Waals surface area (Å²) in [5.74, 6) is 0.290. The normalized spacial score (nSPS) is 24.1. The van der Waals surface area contributed by atoms with Crippen molar-refractivity contribution in [3.63, 3.8) is 0 Å². The molecule has 7 heteroatoms. The maximum absolute atomic E-state index is 12.4. The second kappa shape index (κ2) is 4.46. The van der Waals surface area contributed by atoms with E-state index in [1.165, 1.54) is 9.80 Å². The highest BCUT2D eigenvalue weighted by Crippen LogP contribution is 2.22. The summed E-state index contributed by atoms with van der Waals surface area (Å²) in [6.45, 7) is 6.13. The van der Waals surface area contributed by atoms with Crippen molar-refractivity contribution >= 4 is 38.4 Å². The first kappa shape index (κ1) is 13.2. The summed E-state index contributed by atoms with van der Waals surface area (Å²) < 4.78 is 2.48. The number of nitrogens with zero attached hydrogens (tertiary/aromatic N) is 4. The lowest BCUT2D eigenvalue weighted by Gasteiger charge is -2.33. The van der Waals surface area contributed by atoms with Crippen LogP contribution in [0.1, 0.15) is 20.8 Å². The number of likely N-dealkylation sites (N-methyl/N-ethyl adjacent to an activating group) is 2. The molecule has 0 aliphatic carbocycles. The third kappa shape index (κ3) is 1.68. The molecule has 0 N–H and O–H groups in total. The van der Waals surface area contributed by atoms with Crippen LogP contribution in [0.5, 0.6) is 0 Å². The first-order chi connectivity index (χ1) is 8.40. The lowest BCUT2D eigenvalue weighted by molar-refractivity contribution is -0.562. The number of aliphatic imine (C=N–C) groups is 1. The van der Waals surface area contributed by atoms with Crippen molar-refractivity contribution in [1.82, 2.24) is 9.80 Å². The van der Waals surface area contributed by atoms with Crippen LogP contribution in [0.3, 0.4) is 0 Å². The molecule has 0 spiro atoms. The van der Waals surface area contributed by atoms with E-state index in [0.29, 0.717) is 17.1 Å². The fourth-order valence-electron chi connectivity index (χ4n) is 2.26. The van der Waals surface area contributed by atoms with Crippen LogP contribution < -0.4 is 0 Å². The number of amidine groups is 2. The molecule has 1 atom stereocenters. The van der Waals surface area contributed by atoms with Crippen LogP contribution in [-0.2, 0) is 4.79 Å². The summed E-state index contributed by atoms with van der Waals surface area (Å²) in [6, 6.07) is -0.694. The second-order valence-corrected chi connectivity index (χ2v) is 5.28. The van der Waals surface area contributed by atoms with Crippen molar-refractivity contribution in [3.05, 3.63) is 0 Å². The molecule has 2 rings (SSSR count). The Hall–Kier alpha value is -1.24. The molecule has 3 amide bonds. The predicted octanol–water partition coefficient (Wildman–Crippen LogP) is 0.853. The number of hydrogen-bond donors (Lipinski definition) is 0. The fourth-order valence-corrected chi connectivity index (χ4v) is 3.05. The number of hydrogen-bond acceptors (Lipinski definition) is 3. The highest BCUT2D eigenvalue weighted by molar-refractivity contribution is 9.18. The largest absolute Gasteiger partial charge is 0.365 e. The highest BCUT2D eigenvalue weighted by atomic mass is 79.9. The Morgan fingerprint density at radius 1 is 1.44 bits per heavy atom. The van der Waals surface area contributed by atoms with Gasteiger partial charge in [0.1, 0.15) is 0 Å². The van der Waals surface area contributed by atoms with Gasteiger partial charge in [-0.2, -0.15) is 0 Å². The predicted molar refractivity (Wildman–Crippen MR) is 71.1 cm³/mol. The molecule has 0 bridgehead atoms. The van der Waals surface area contributed by atoms with E-state index >= 15 is 0 Å². The number of urea groups is 1. The maximum atomic E-state index is 12.4. The molecule has 0 saturated carbocycles. The molecule has 1 fully saturated rings. The SMILES string of the molecule is CCN1C(=O)C2C(=NC(Br)=[N+]2C(C)C)N(C)C1=O. The molecule has 0 aromatic carbocycles. The van der Waals surface area contributed by atoms with Gasteiger partial charge in [0.2, 0.25) is 0 Å². The molecule has 2 aliphatic heterocycles. The molecule has 0 radical (unpaired) electrons. The van der Waals surface area contributed by atoms with Gasteiger partial charge in [-0.1, -0.05) is 0 Å². The van der Waals surface area contributed by atoms with Gasteiger partial charge < -0.3 is 0 Å². The molecule has 2 heterocycles. The number of rotatable bonds is 2. The van der Waals surface area contributed by atoms with Crippen molar-refractivity contribution in [2.75, 3.05) is 13.6 Å². The molecule has 98 valence electrons. The smallest absolute Gasteiger partial charge is 0.269 e. The van der Waals surface area contributed by atoms with Gasteiger partial charge in [-0.15, -0.1) is 0 Å². The quantitative estimate of drug-likeness (QED) is 0.560. The number of amides is 3. The standard InChI is InChI=1S/C11H16BrN4O2/c1-5-15-9(17)7-8(14(4)11(15)18)13-10(12)16(7)6(2)3/h6-7H,5H2,1-4H3/q+1. The number of fused-ring (bicyclic) bond motifs is 1. The van der Waals surface area contributed by atoms with E-state index in [4.69, 9.17) is 0 Å². The molecule has 2 aliphatic rings. The summed E-state index contributed by atoms with van der Waals surface area (Å²) in [5, 5.41) is 0. The van der Waals surface area contributed by atoms with Gasteiger partial charge in [-0.25, -0.2) is 9.37 Å². The second-order valence-electron chi connectivity index (χ2n) is 4.57. The van der Waals surface area contributed by atoms with E-state index in [-0.39, 0.29) is 18.0 Å². The van der Waals surface area contributed by atoms with E-state index in [1.807, 2.05) is 18.4 Å². The molecule has 6 nitrogen and oxygen atoms in total. The Morgan fingerprint density at radius 3 is 2.56 bits per heavy atom. The van der Waals surface area contributed by atoms with E-state index in [0.717, 1.165) is 0 Å². The lowest BCUT2D eigenvalue weighted by atomic mass is 10.1. The van der Waals surface area contributed by atoms with Crippen LogP contribution in [0.25, 0.3) is 0 Å². The van der Waals surface area contributed by atoms with Crippen molar-refractivity contribution < 1.29 is 14.2 Å². The summed E-state index contributed by atoms with van der Waals surface area (Å²) in [4.78, 5) is 31.4. The van der Waals surface area contributed by atoms with Gasteiger partial charge in [-0.3, -0.25) is 14.6 Å². The first-order valence-corrected chi connectivity index (χ1v) is 6.67. The Labute approximate surface area is 114 Å².